The Morgan fingerprint density at radius 2 is 2.27 bits per heavy atom. The van der Waals surface area contributed by atoms with Crippen molar-refractivity contribution in [1.82, 2.24) is 0 Å². The number of Topliss-reactive ketones (excluding diaryl/α,β-unsaturated/α-hetero) is 1. The van der Waals surface area contributed by atoms with E-state index in [1.54, 1.807) is 0 Å². The lowest BCUT2D eigenvalue weighted by Gasteiger charge is -2.07. The molecule has 1 aromatic rings. The first kappa shape index (κ1) is 12.5. The number of carbonyl (C=O) groups is 1. The summed E-state index contributed by atoms with van der Waals surface area (Å²) in [6.45, 7) is 2.55. The minimum Gasteiger partial charge on any atom is -0.493 e. The van der Waals surface area contributed by atoms with Gasteiger partial charge in [0.25, 0.3) is 0 Å². The smallest absolute Gasteiger partial charge is 0.151 e. The molecule has 82 valence electrons. The van der Waals surface area contributed by atoms with Gasteiger partial charge < -0.3 is 4.74 Å². The van der Waals surface area contributed by atoms with Crippen molar-refractivity contribution in [2.45, 2.75) is 13.3 Å². The average molecular weight is 292 g/mol. The summed E-state index contributed by atoms with van der Waals surface area (Å²) >= 11 is 8.83. The van der Waals surface area contributed by atoms with Crippen molar-refractivity contribution in [1.29, 1.82) is 0 Å². The molecule has 15 heavy (non-hydrogen) atoms. The third-order valence-corrected chi connectivity index (χ3v) is 2.76. The van der Waals surface area contributed by atoms with Crippen molar-refractivity contribution >= 4 is 33.3 Å². The molecule has 1 aromatic carbocycles. The Labute approximate surface area is 103 Å². The number of alkyl halides is 1. The van der Waals surface area contributed by atoms with Crippen LogP contribution in [0.25, 0.3) is 0 Å². The van der Waals surface area contributed by atoms with Gasteiger partial charge in [-0.25, -0.2) is 0 Å². The molecular weight excluding hydrogens is 279 g/mol. The summed E-state index contributed by atoms with van der Waals surface area (Å²) in [4.78, 5) is 11.1. The van der Waals surface area contributed by atoms with Gasteiger partial charge in [-0.3, -0.25) is 4.79 Å². The number of rotatable bonds is 5. The van der Waals surface area contributed by atoms with Crippen molar-refractivity contribution in [2.24, 2.45) is 0 Å². The number of hydrogen-bond acceptors (Lipinski definition) is 2. The minimum atomic E-state index is 0.0210. The van der Waals surface area contributed by atoms with Crippen LogP contribution in [0, 0.1) is 0 Å². The molecule has 0 saturated carbocycles. The quantitative estimate of drug-likeness (QED) is 0.779. The van der Waals surface area contributed by atoms with Gasteiger partial charge in [-0.05, 0) is 40.5 Å². The molecule has 0 atom stereocenters. The van der Waals surface area contributed by atoms with E-state index >= 15 is 0 Å². The predicted octanol–water partition coefficient (Wildman–Crippen LogP) is 3.20. The number of ether oxygens (including phenoxy) is 1. The Bertz CT molecular complexity index is 352. The maximum absolute atomic E-state index is 11.1. The lowest BCUT2D eigenvalue weighted by atomic mass is 10.1. The fourth-order valence-corrected chi connectivity index (χ4v) is 1.84. The Morgan fingerprint density at radius 1 is 1.53 bits per heavy atom. The number of hydrogen-bond donors (Lipinski definition) is 0. The van der Waals surface area contributed by atoms with Crippen molar-refractivity contribution in [3.63, 3.8) is 0 Å². The topological polar surface area (TPSA) is 26.3 Å². The van der Waals surface area contributed by atoms with Gasteiger partial charge in [-0.2, -0.15) is 0 Å². The van der Waals surface area contributed by atoms with Gasteiger partial charge in [0, 0.05) is 6.42 Å². The number of benzene rings is 1. The maximum Gasteiger partial charge on any atom is 0.151 e. The van der Waals surface area contributed by atoms with Crippen LogP contribution in [0.15, 0.2) is 22.7 Å². The van der Waals surface area contributed by atoms with E-state index in [0.717, 1.165) is 15.8 Å². The molecule has 0 fully saturated rings. The molecule has 0 bridgehead atoms. The summed E-state index contributed by atoms with van der Waals surface area (Å²) in [6.07, 6.45) is 0.370. The number of carbonyl (C=O) groups excluding carboxylic acids is 1. The fourth-order valence-electron chi connectivity index (χ4n) is 1.20. The van der Waals surface area contributed by atoms with Crippen LogP contribution in [0.5, 0.6) is 5.75 Å². The molecular formula is C11H12BrClO2. The molecule has 0 aliphatic carbocycles. The summed E-state index contributed by atoms with van der Waals surface area (Å²) in [7, 11) is 0. The first-order valence-electron chi connectivity index (χ1n) is 4.66. The molecule has 0 N–H and O–H groups in total. The van der Waals surface area contributed by atoms with E-state index in [0.29, 0.717) is 13.0 Å². The van der Waals surface area contributed by atoms with E-state index in [1.807, 2.05) is 25.1 Å². The van der Waals surface area contributed by atoms with E-state index in [1.165, 1.54) is 0 Å². The maximum atomic E-state index is 11.1. The van der Waals surface area contributed by atoms with E-state index in [-0.39, 0.29) is 11.7 Å². The van der Waals surface area contributed by atoms with Gasteiger partial charge in [0.05, 0.1) is 17.0 Å². The zero-order valence-corrected chi connectivity index (χ0v) is 10.8. The Balaban J connectivity index is 2.77. The fraction of sp³-hybridized carbons (Fsp3) is 0.364. The van der Waals surface area contributed by atoms with Crippen molar-refractivity contribution in [3.05, 3.63) is 28.2 Å². The number of halogens is 2. The average Bonchev–Trinajstić information content (AvgIpc) is 2.22. The molecule has 0 unspecified atom stereocenters. The van der Waals surface area contributed by atoms with E-state index in [4.69, 9.17) is 16.3 Å². The van der Waals surface area contributed by atoms with Crippen LogP contribution in [0.1, 0.15) is 12.5 Å². The summed E-state index contributed by atoms with van der Waals surface area (Å²) in [5, 5.41) is 0. The van der Waals surface area contributed by atoms with Crippen molar-refractivity contribution < 1.29 is 9.53 Å². The normalized spacial score (nSPS) is 10.1. The lowest BCUT2D eigenvalue weighted by molar-refractivity contribution is -0.116. The van der Waals surface area contributed by atoms with E-state index in [2.05, 4.69) is 15.9 Å². The van der Waals surface area contributed by atoms with E-state index in [9.17, 15) is 4.79 Å². The predicted molar refractivity (Wildman–Crippen MR) is 64.7 cm³/mol. The minimum absolute atomic E-state index is 0.0210. The Morgan fingerprint density at radius 3 is 2.80 bits per heavy atom. The number of ketones is 1. The van der Waals surface area contributed by atoms with Gasteiger partial charge >= 0.3 is 0 Å². The van der Waals surface area contributed by atoms with Crippen molar-refractivity contribution in [2.75, 3.05) is 12.5 Å². The second-order valence-electron chi connectivity index (χ2n) is 3.05. The first-order valence-corrected chi connectivity index (χ1v) is 5.99. The molecule has 0 amide bonds. The largest absolute Gasteiger partial charge is 0.493 e. The monoisotopic (exact) mass is 290 g/mol. The SMILES string of the molecule is CCOc1ccc(CC(=O)CCl)cc1Br. The standard InChI is InChI=1S/C11H12BrClO2/c1-2-15-11-4-3-8(6-10(11)12)5-9(14)7-13/h3-4,6H,2,5,7H2,1H3. The van der Waals surface area contributed by atoms with Gasteiger partial charge in [0.15, 0.2) is 5.78 Å². The second-order valence-corrected chi connectivity index (χ2v) is 4.17. The molecule has 4 heteroatoms. The molecule has 0 aliphatic heterocycles. The molecule has 0 spiro atoms. The third-order valence-electron chi connectivity index (χ3n) is 1.85. The summed E-state index contributed by atoms with van der Waals surface area (Å²) < 4.78 is 6.23. The van der Waals surface area contributed by atoms with E-state index < -0.39 is 0 Å². The van der Waals surface area contributed by atoms with Crippen molar-refractivity contribution in [3.8, 4) is 5.75 Å². The Hall–Kier alpha value is -0.540. The zero-order chi connectivity index (χ0) is 11.3. The highest BCUT2D eigenvalue weighted by molar-refractivity contribution is 9.10. The molecule has 1 rings (SSSR count). The summed E-state index contributed by atoms with van der Waals surface area (Å²) in [6, 6.07) is 5.61. The second kappa shape index (κ2) is 6.13. The third kappa shape index (κ3) is 3.84. The highest BCUT2D eigenvalue weighted by atomic mass is 79.9. The van der Waals surface area contributed by atoms with Gasteiger partial charge in [0.2, 0.25) is 0 Å². The lowest BCUT2D eigenvalue weighted by Crippen LogP contribution is -2.03. The van der Waals surface area contributed by atoms with Crippen LogP contribution < -0.4 is 4.74 Å². The van der Waals surface area contributed by atoms with Gasteiger partial charge in [0.1, 0.15) is 5.75 Å². The van der Waals surface area contributed by atoms with Crippen LogP contribution in [-0.2, 0) is 11.2 Å². The molecule has 0 saturated heterocycles. The van der Waals surface area contributed by atoms with Crippen LogP contribution in [-0.4, -0.2) is 18.3 Å². The van der Waals surface area contributed by atoms with Crippen LogP contribution in [0.4, 0.5) is 0 Å². The highest BCUT2D eigenvalue weighted by Gasteiger charge is 2.05. The van der Waals surface area contributed by atoms with Gasteiger partial charge in [-0.1, -0.05) is 6.07 Å². The van der Waals surface area contributed by atoms with Crippen LogP contribution in [0.3, 0.4) is 0 Å². The molecule has 0 aromatic heterocycles. The highest BCUT2D eigenvalue weighted by Crippen LogP contribution is 2.26. The molecule has 0 radical (unpaired) electrons. The molecule has 0 heterocycles. The van der Waals surface area contributed by atoms with Crippen LogP contribution in [0.2, 0.25) is 0 Å². The van der Waals surface area contributed by atoms with Gasteiger partial charge in [-0.15, -0.1) is 11.6 Å². The summed E-state index contributed by atoms with van der Waals surface area (Å²) in [5.41, 5.74) is 0.941. The molecule has 2 nitrogen and oxygen atoms in total. The zero-order valence-electron chi connectivity index (χ0n) is 8.43. The first-order chi connectivity index (χ1) is 7.17. The molecule has 0 aliphatic rings. The van der Waals surface area contributed by atoms with Crippen LogP contribution >= 0.6 is 27.5 Å². The Kier molecular flexibility index (Phi) is 5.12. The summed E-state index contributed by atoms with van der Waals surface area (Å²) in [5.74, 6) is 0.873.